The van der Waals surface area contributed by atoms with Crippen LogP contribution < -0.4 is 5.43 Å². The van der Waals surface area contributed by atoms with Gasteiger partial charge in [0.2, 0.25) is 0 Å². The van der Waals surface area contributed by atoms with Gasteiger partial charge >= 0.3 is 0 Å². The number of nitrogens with zero attached hydrogens (tertiary/aromatic N) is 1. The molecule has 2 nitrogen and oxygen atoms in total. The van der Waals surface area contributed by atoms with Crippen molar-refractivity contribution in [3.63, 3.8) is 0 Å². The van der Waals surface area contributed by atoms with Crippen LogP contribution in [0.1, 0.15) is 43.2 Å². The summed E-state index contributed by atoms with van der Waals surface area (Å²) in [6.07, 6.45) is 6.53. The summed E-state index contributed by atoms with van der Waals surface area (Å²) in [5.74, 6) is 0. The maximum Gasteiger partial charge on any atom is 0.126 e. The Morgan fingerprint density at radius 1 is 1.12 bits per heavy atom. The van der Waals surface area contributed by atoms with Crippen LogP contribution in [-0.2, 0) is 0 Å². The molecule has 1 saturated carbocycles. The predicted molar refractivity (Wildman–Crippen MR) is 74.3 cm³/mol. The number of hydrazone groups is 1. The Labute approximate surface area is 107 Å². The molecule has 1 aromatic rings. The third kappa shape index (κ3) is 2.21. The molecule has 0 saturated heterocycles. The van der Waals surface area contributed by atoms with Crippen LogP contribution in [0.4, 0.5) is 0 Å². The molecule has 1 aliphatic carbocycles. The molecule has 90 valence electrons. The highest BCUT2D eigenvalue weighted by molar-refractivity contribution is 8.15. The predicted octanol–water partition coefficient (Wildman–Crippen LogP) is 3.65. The first-order chi connectivity index (χ1) is 8.27. The molecule has 1 aromatic carbocycles. The van der Waals surface area contributed by atoms with Crippen molar-refractivity contribution >= 4 is 16.8 Å². The number of aryl methyl sites for hydroxylation is 1. The van der Waals surface area contributed by atoms with Gasteiger partial charge in [-0.3, -0.25) is 5.43 Å². The first kappa shape index (κ1) is 11.1. The van der Waals surface area contributed by atoms with Crippen molar-refractivity contribution in [1.82, 2.24) is 5.43 Å². The molecule has 3 heteroatoms. The Morgan fingerprint density at radius 2 is 1.82 bits per heavy atom. The normalized spacial score (nSPS) is 22.3. The average molecular weight is 246 g/mol. The van der Waals surface area contributed by atoms with E-state index in [4.69, 9.17) is 0 Å². The fraction of sp³-hybridized carbons (Fsp3) is 0.500. The third-order valence-electron chi connectivity index (χ3n) is 3.61. The number of rotatable bonds is 1. The topological polar surface area (TPSA) is 24.4 Å². The summed E-state index contributed by atoms with van der Waals surface area (Å²) in [5.41, 5.74) is 5.94. The quantitative estimate of drug-likeness (QED) is 0.818. The van der Waals surface area contributed by atoms with Crippen molar-refractivity contribution < 1.29 is 0 Å². The van der Waals surface area contributed by atoms with Gasteiger partial charge in [-0.25, -0.2) is 0 Å². The summed E-state index contributed by atoms with van der Waals surface area (Å²) >= 11 is 1.93. The molecule has 2 aliphatic rings. The van der Waals surface area contributed by atoms with Gasteiger partial charge in [-0.2, -0.15) is 5.10 Å². The zero-order valence-electron chi connectivity index (χ0n) is 10.2. The summed E-state index contributed by atoms with van der Waals surface area (Å²) in [7, 11) is 0. The van der Waals surface area contributed by atoms with Gasteiger partial charge in [0.05, 0.1) is 0 Å². The number of hydrogen-bond acceptors (Lipinski definition) is 3. The van der Waals surface area contributed by atoms with Gasteiger partial charge < -0.3 is 0 Å². The molecule has 1 N–H and O–H groups in total. The van der Waals surface area contributed by atoms with Crippen LogP contribution in [0.2, 0.25) is 0 Å². The van der Waals surface area contributed by atoms with Gasteiger partial charge in [0.15, 0.2) is 0 Å². The van der Waals surface area contributed by atoms with Gasteiger partial charge in [0.25, 0.3) is 0 Å². The van der Waals surface area contributed by atoms with E-state index in [1.807, 2.05) is 11.8 Å². The fourth-order valence-electron chi connectivity index (χ4n) is 2.54. The minimum absolute atomic E-state index is 0.207. The molecule has 1 fully saturated rings. The van der Waals surface area contributed by atoms with Gasteiger partial charge in [-0.15, -0.1) is 0 Å². The second kappa shape index (κ2) is 4.37. The van der Waals surface area contributed by atoms with Crippen LogP contribution >= 0.6 is 11.8 Å². The largest absolute Gasteiger partial charge is 0.292 e. The molecule has 0 unspecified atom stereocenters. The maximum atomic E-state index is 4.54. The van der Waals surface area contributed by atoms with Crippen LogP contribution in [0.15, 0.2) is 29.4 Å². The third-order valence-corrected chi connectivity index (χ3v) is 5.02. The van der Waals surface area contributed by atoms with Gasteiger partial charge in [-0.05, 0) is 19.8 Å². The number of thioether (sulfide) groups is 1. The number of nitrogens with one attached hydrogen (secondary N) is 1. The summed E-state index contributed by atoms with van der Waals surface area (Å²) in [6.45, 7) is 2.12. The van der Waals surface area contributed by atoms with Gasteiger partial charge in [0, 0.05) is 5.56 Å². The Balaban J connectivity index is 1.76. The van der Waals surface area contributed by atoms with E-state index >= 15 is 0 Å². The molecule has 0 atom stereocenters. The molecular formula is C14H18N2S. The van der Waals surface area contributed by atoms with Gasteiger partial charge in [-0.1, -0.05) is 60.9 Å². The summed E-state index contributed by atoms with van der Waals surface area (Å²) in [6, 6.07) is 8.66. The fourth-order valence-corrected chi connectivity index (χ4v) is 3.84. The van der Waals surface area contributed by atoms with E-state index in [2.05, 4.69) is 41.7 Å². The van der Waals surface area contributed by atoms with E-state index in [9.17, 15) is 0 Å². The van der Waals surface area contributed by atoms with E-state index in [1.165, 1.54) is 43.2 Å². The molecule has 0 aromatic heterocycles. The van der Waals surface area contributed by atoms with Crippen LogP contribution in [0, 0.1) is 6.92 Å². The minimum atomic E-state index is 0.207. The Bertz CT molecular complexity index is 430. The van der Waals surface area contributed by atoms with Crippen LogP contribution in [0.3, 0.4) is 0 Å². The van der Waals surface area contributed by atoms with Crippen molar-refractivity contribution in [3.8, 4) is 0 Å². The van der Waals surface area contributed by atoms with E-state index in [1.54, 1.807) is 0 Å². The number of benzene rings is 1. The van der Waals surface area contributed by atoms with E-state index in [0.717, 1.165) is 5.04 Å². The van der Waals surface area contributed by atoms with Crippen molar-refractivity contribution in [3.05, 3.63) is 35.4 Å². The molecule has 0 radical (unpaired) electrons. The standard InChI is InChI=1S/C14H18N2S/c1-11-5-7-12(8-6-11)13-15-16-14(17-13)9-3-2-4-10-14/h5-8,16H,2-4,9-10H2,1H3. The highest BCUT2D eigenvalue weighted by atomic mass is 32.2. The summed E-state index contributed by atoms with van der Waals surface area (Å²) in [4.78, 5) is 0.207. The lowest BCUT2D eigenvalue weighted by atomic mass is 9.95. The first-order valence-corrected chi connectivity index (χ1v) is 7.20. The van der Waals surface area contributed by atoms with E-state index < -0.39 is 0 Å². The number of hydrogen-bond donors (Lipinski definition) is 1. The first-order valence-electron chi connectivity index (χ1n) is 6.38. The average Bonchev–Trinajstić information content (AvgIpc) is 2.75. The highest BCUT2D eigenvalue weighted by Crippen LogP contribution is 2.42. The molecule has 17 heavy (non-hydrogen) atoms. The van der Waals surface area contributed by atoms with Crippen LogP contribution in [0.25, 0.3) is 0 Å². The summed E-state index contributed by atoms with van der Waals surface area (Å²) < 4.78 is 0. The molecule has 1 spiro atoms. The molecule has 3 rings (SSSR count). The monoisotopic (exact) mass is 246 g/mol. The lowest BCUT2D eigenvalue weighted by Gasteiger charge is -2.31. The smallest absolute Gasteiger partial charge is 0.126 e. The lowest BCUT2D eigenvalue weighted by Crippen LogP contribution is -2.37. The van der Waals surface area contributed by atoms with Crippen LogP contribution in [-0.4, -0.2) is 9.91 Å². The Morgan fingerprint density at radius 3 is 2.53 bits per heavy atom. The Kier molecular flexibility index (Phi) is 2.87. The second-order valence-electron chi connectivity index (χ2n) is 5.05. The SMILES string of the molecule is Cc1ccc(C2=NNC3(CCCCC3)S2)cc1. The van der Waals surface area contributed by atoms with Gasteiger partial charge in [0.1, 0.15) is 9.91 Å². The van der Waals surface area contributed by atoms with E-state index in [0.29, 0.717) is 0 Å². The van der Waals surface area contributed by atoms with Crippen molar-refractivity contribution in [2.75, 3.05) is 0 Å². The molecule has 1 aliphatic heterocycles. The Hall–Kier alpha value is -0.960. The van der Waals surface area contributed by atoms with Crippen LogP contribution in [0.5, 0.6) is 0 Å². The summed E-state index contributed by atoms with van der Waals surface area (Å²) in [5, 5.41) is 5.70. The lowest BCUT2D eigenvalue weighted by molar-refractivity contribution is 0.350. The van der Waals surface area contributed by atoms with Crippen molar-refractivity contribution in [2.45, 2.75) is 43.9 Å². The minimum Gasteiger partial charge on any atom is -0.292 e. The zero-order chi connectivity index (χ0) is 11.7. The molecular weight excluding hydrogens is 228 g/mol. The van der Waals surface area contributed by atoms with Crippen molar-refractivity contribution in [1.29, 1.82) is 0 Å². The molecule has 0 amide bonds. The maximum absolute atomic E-state index is 4.54. The molecule has 1 heterocycles. The zero-order valence-corrected chi connectivity index (χ0v) is 11.0. The van der Waals surface area contributed by atoms with E-state index in [-0.39, 0.29) is 4.87 Å². The highest BCUT2D eigenvalue weighted by Gasteiger charge is 2.38. The van der Waals surface area contributed by atoms with Crippen molar-refractivity contribution in [2.24, 2.45) is 5.10 Å². The molecule has 0 bridgehead atoms. The second-order valence-corrected chi connectivity index (χ2v) is 6.42.